The zero-order chi connectivity index (χ0) is 11.7. The zero-order valence-electron chi connectivity index (χ0n) is 11.7. The van der Waals surface area contributed by atoms with Crippen LogP contribution in [-0.2, 0) is 0 Å². The van der Waals surface area contributed by atoms with Crippen molar-refractivity contribution in [2.75, 3.05) is 0 Å². The van der Waals surface area contributed by atoms with E-state index in [1.165, 1.54) is 32.1 Å². The van der Waals surface area contributed by atoms with Crippen LogP contribution in [-0.4, -0.2) is 0 Å². The second-order valence-electron chi connectivity index (χ2n) is 7.65. The molecule has 1 fully saturated rings. The van der Waals surface area contributed by atoms with Gasteiger partial charge in [-0.25, -0.2) is 0 Å². The monoisotopic (exact) mass is 210 g/mol. The molecular weight excluding hydrogens is 180 g/mol. The van der Waals surface area contributed by atoms with Crippen LogP contribution in [0.2, 0.25) is 0 Å². The standard InChI is InChI=1S/C15H30/c1-14(2,3)12-9-7-8-10-13(11-12)15(4,5)6/h12-13H,7-11H2,1-6H3. The lowest BCUT2D eigenvalue weighted by Gasteiger charge is -2.36. The fourth-order valence-corrected chi connectivity index (χ4v) is 2.93. The van der Waals surface area contributed by atoms with Gasteiger partial charge in [0.15, 0.2) is 0 Å². The van der Waals surface area contributed by atoms with Crippen molar-refractivity contribution >= 4 is 0 Å². The summed E-state index contributed by atoms with van der Waals surface area (Å²) in [5.74, 6) is 1.87. The highest BCUT2D eigenvalue weighted by molar-refractivity contribution is 4.84. The molecule has 2 unspecified atom stereocenters. The van der Waals surface area contributed by atoms with E-state index in [1.807, 2.05) is 0 Å². The van der Waals surface area contributed by atoms with Gasteiger partial charge in [0.05, 0.1) is 0 Å². The lowest BCUT2D eigenvalue weighted by molar-refractivity contribution is 0.137. The summed E-state index contributed by atoms with van der Waals surface area (Å²) in [5.41, 5.74) is 1.02. The Balaban J connectivity index is 2.70. The van der Waals surface area contributed by atoms with Crippen LogP contribution < -0.4 is 0 Å². The van der Waals surface area contributed by atoms with E-state index >= 15 is 0 Å². The quantitative estimate of drug-likeness (QED) is 0.477. The van der Waals surface area contributed by atoms with Gasteiger partial charge in [-0.3, -0.25) is 0 Å². The molecule has 90 valence electrons. The fourth-order valence-electron chi connectivity index (χ4n) is 2.93. The molecule has 1 aliphatic carbocycles. The number of rotatable bonds is 0. The van der Waals surface area contributed by atoms with Crippen LogP contribution in [0, 0.1) is 22.7 Å². The van der Waals surface area contributed by atoms with Crippen molar-refractivity contribution < 1.29 is 0 Å². The van der Waals surface area contributed by atoms with E-state index < -0.39 is 0 Å². The van der Waals surface area contributed by atoms with Gasteiger partial charge in [0, 0.05) is 0 Å². The smallest absolute Gasteiger partial charge is 0.0354 e. The van der Waals surface area contributed by atoms with E-state index in [9.17, 15) is 0 Å². The minimum atomic E-state index is 0.508. The molecule has 0 saturated heterocycles. The van der Waals surface area contributed by atoms with E-state index in [0.717, 1.165) is 11.8 Å². The van der Waals surface area contributed by atoms with Gasteiger partial charge in [0.1, 0.15) is 0 Å². The van der Waals surface area contributed by atoms with E-state index in [-0.39, 0.29) is 0 Å². The van der Waals surface area contributed by atoms with Crippen molar-refractivity contribution in [1.29, 1.82) is 0 Å². The normalized spacial score (nSPS) is 30.0. The first-order valence-corrected chi connectivity index (χ1v) is 6.71. The SMILES string of the molecule is CC(C)(C)C1CCCCC(C(C)(C)C)C1. The first-order chi connectivity index (χ1) is 6.71. The van der Waals surface area contributed by atoms with Crippen molar-refractivity contribution in [2.45, 2.75) is 73.6 Å². The third kappa shape index (κ3) is 3.81. The Labute approximate surface area is 96.8 Å². The number of hydrogen-bond donors (Lipinski definition) is 0. The molecule has 0 radical (unpaired) electrons. The molecule has 0 aliphatic heterocycles. The predicted molar refractivity (Wildman–Crippen MR) is 69.0 cm³/mol. The van der Waals surface area contributed by atoms with Gasteiger partial charge in [-0.2, -0.15) is 0 Å². The summed E-state index contributed by atoms with van der Waals surface area (Å²) < 4.78 is 0. The highest BCUT2D eigenvalue weighted by Crippen LogP contribution is 2.44. The van der Waals surface area contributed by atoms with Crippen LogP contribution >= 0.6 is 0 Å². The van der Waals surface area contributed by atoms with Crippen LogP contribution in [0.5, 0.6) is 0 Å². The minimum Gasteiger partial charge on any atom is -0.0599 e. The average molecular weight is 210 g/mol. The molecule has 0 aromatic carbocycles. The highest BCUT2D eigenvalue weighted by atomic mass is 14.4. The van der Waals surface area contributed by atoms with Gasteiger partial charge in [-0.05, 0) is 41.9 Å². The maximum Gasteiger partial charge on any atom is -0.0354 e. The van der Waals surface area contributed by atoms with Gasteiger partial charge in [0.2, 0.25) is 0 Å². The Hall–Kier alpha value is 0. The topological polar surface area (TPSA) is 0 Å². The van der Waals surface area contributed by atoms with Gasteiger partial charge in [-0.15, -0.1) is 0 Å². The molecule has 0 spiro atoms. The van der Waals surface area contributed by atoms with E-state index in [0.29, 0.717) is 10.8 Å². The van der Waals surface area contributed by atoms with Crippen LogP contribution in [0.1, 0.15) is 73.6 Å². The van der Waals surface area contributed by atoms with Crippen molar-refractivity contribution in [3.05, 3.63) is 0 Å². The second-order valence-corrected chi connectivity index (χ2v) is 7.65. The maximum atomic E-state index is 2.42. The average Bonchev–Trinajstić information content (AvgIpc) is 2.24. The molecule has 0 heterocycles. The van der Waals surface area contributed by atoms with Crippen molar-refractivity contribution in [3.8, 4) is 0 Å². The first-order valence-electron chi connectivity index (χ1n) is 6.71. The lowest BCUT2D eigenvalue weighted by atomic mass is 9.69. The van der Waals surface area contributed by atoms with Crippen molar-refractivity contribution in [2.24, 2.45) is 22.7 Å². The van der Waals surface area contributed by atoms with E-state index in [4.69, 9.17) is 0 Å². The van der Waals surface area contributed by atoms with Crippen molar-refractivity contribution in [3.63, 3.8) is 0 Å². The summed E-state index contributed by atoms with van der Waals surface area (Å²) >= 11 is 0. The minimum absolute atomic E-state index is 0.508. The molecule has 0 nitrogen and oxygen atoms in total. The molecule has 0 aromatic rings. The summed E-state index contributed by atoms with van der Waals surface area (Å²) in [6.45, 7) is 14.5. The molecular formula is C15H30. The molecule has 0 N–H and O–H groups in total. The highest BCUT2D eigenvalue weighted by Gasteiger charge is 2.33. The molecule has 1 rings (SSSR count). The predicted octanol–water partition coefficient (Wildman–Crippen LogP) is 5.28. The zero-order valence-corrected chi connectivity index (χ0v) is 11.7. The third-order valence-corrected chi connectivity index (χ3v) is 4.37. The Morgan fingerprint density at radius 1 is 0.667 bits per heavy atom. The molecule has 0 aromatic heterocycles. The van der Waals surface area contributed by atoms with E-state index in [1.54, 1.807) is 0 Å². The Kier molecular flexibility index (Phi) is 3.90. The van der Waals surface area contributed by atoms with Crippen molar-refractivity contribution in [1.82, 2.24) is 0 Å². The Bertz CT molecular complexity index is 167. The molecule has 2 atom stereocenters. The summed E-state index contributed by atoms with van der Waals surface area (Å²) in [4.78, 5) is 0. The van der Waals surface area contributed by atoms with Gasteiger partial charge < -0.3 is 0 Å². The molecule has 0 amide bonds. The Morgan fingerprint density at radius 3 is 1.27 bits per heavy atom. The number of hydrogen-bond acceptors (Lipinski definition) is 0. The van der Waals surface area contributed by atoms with Gasteiger partial charge in [-0.1, -0.05) is 54.4 Å². The van der Waals surface area contributed by atoms with Crippen LogP contribution in [0.4, 0.5) is 0 Å². The lowest BCUT2D eigenvalue weighted by Crippen LogP contribution is -2.27. The summed E-state index contributed by atoms with van der Waals surface area (Å²) in [6.07, 6.45) is 7.27. The molecule has 0 heteroatoms. The summed E-state index contributed by atoms with van der Waals surface area (Å²) in [7, 11) is 0. The Morgan fingerprint density at radius 2 is 1.00 bits per heavy atom. The van der Waals surface area contributed by atoms with Gasteiger partial charge >= 0.3 is 0 Å². The van der Waals surface area contributed by atoms with E-state index in [2.05, 4.69) is 41.5 Å². The largest absolute Gasteiger partial charge is 0.0599 e. The van der Waals surface area contributed by atoms with Crippen LogP contribution in [0.15, 0.2) is 0 Å². The summed E-state index contributed by atoms with van der Waals surface area (Å²) in [6, 6.07) is 0. The maximum absolute atomic E-state index is 2.42. The molecule has 1 aliphatic rings. The van der Waals surface area contributed by atoms with Crippen LogP contribution in [0.25, 0.3) is 0 Å². The third-order valence-electron chi connectivity index (χ3n) is 4.37. The molecule has 1 saturated carbocycles. The van der Waals surface area contributed by atoms with Crippen LogP contribution in [0.3, 0.4) is 0 Å². The first kappa shape index (κ1) is 13.1. The second kappa shape index (κ2) is 4.47. The molecule has 15 heavy (non-hydrogen) atoms. The fraction of sp³-hybridized carbons (Fsp3) is 1.00. The van der Waals surface area contributed by atoms with Gasteiger partial charge in [0.25, 0.3) is 0 Å². The summed E-state index contributed by atoms with van der Waals surface area (Å²) in [5, 5.41) is 0. The molecule has 0 bridgehead atoms.